The standard InChI is InChI=1S/C18H25N3O6S/c1-14-6-2-3-11-20(14)18(22)13-27-17-8-7-15(12-16(17)21(23)24)28(25,26)19-9-4-5-10-19/h7-8,12,14H,2-6,9-11,13H2,1H3/t14-/m1/s1. The number of hydrogen-bond acceptors (Lipinski definition) is 6. The number of carbonyl (C=O) groups is 1. The maximum atomic E-state index is 12.6. The molecule has 3 rings (SSSR count). The van der Waals surface area contributed by atoms with Crippen molar-refractivity contribution in [2.24, 2.45) is 0 Å². The third-order valence-corrected chi connectivity index (χ3v) is 7.20. The molecule has 1 atom stereocenters. The molecule has 2 aliphatic heterocycles. The van der Waals surface area contributed by atoms with Crippen molar-refractivity contribution in [3.63, 3.8) is 0 Å². The molecule has 1 amide bonds. The van der Waals surface area contributed by atoms with Gasteiger partial charge in [-0.15, -0.1) is 0 Å². The van der Waals surface area contributed by atoms with E-state index in [4.69, 9.17) is 4.74 Å². The van der Waals surface area contributed by atoms with E-state index in [2.05, 4.69) is 0 Å². The second-order valence-electron chi connectivity index (χ2n) is 7.22. The Morgan fingerprint density at radius 1 is 1.21 bits per heavy atom. The number of rotatable bonds is 6. The van der Waals surface area contributed by atoms with Crippen LogP contribution in [-0.4, -0.2) is 60.7 Å². The summed E-state index contributed by atoms with van der Waals surface area (Å²) in [7, 11) is -3.77. The Balaban J connectivity index is 1.76. The summed E-state index contributed by atoms with van der Waals surface area (Å²) in [5, 5.41) is 11.4. The number of ether oxygens (including phenoxy) is 1. The Hall–Kier alpha value is -2.20. The molecule has 0 N–H and O–H groups in total. The fraction of sp³-hybridized carbons (Fsp3) is 0.611. The van der Waals surface area contributed by atoms with Gasteiger partial charge in [-0.05, 0) is 51.2 Å². The second-order valence-corrected chi connectivity index (χ2v) is 9.16. The lowest BCUT2D eigenvalue weighted by molar-refractivity contribution is -0.386. The first-order chi connectivity index (χ1) is 13.3. The van der Waals surface area contributed by atoms with Crippen molar-refractivity contribution >= 4 is 21.6 Å². The number of piperidine rings is 1. The van der Waals surface area contributed by atoms with Crippen LogP contribution in [0.1, 0.15) is 39.0 Å². The van der Waals surface area contributed by atoms with Crippen molar-refractivity contribution in [1.29, 1.82) is 0 Å². The van der Waals surface area contributed by atoms with Crippen LogP contribution in [0.2, 0.25) is 0 Å². The van der Waals surface area contributed by atoms with E-state index in [0.717, 1.165) is 38.2 Å². The van der Waals surface area contributed by atoms with Crippen molar-refractivity contribution in [2.75, 3.05) is 26.2 Å². The van der Waals surface area contributed by atoms with Crippen LogP contribution in [0.3, 0.4) is 0 Å². The van der Waals surface area contributed by atoms with Crippen LogP contribution < -0.4 is 4.74 Å². The largest absolute Gasteiger partial charge is 0.477 e. The average Bonchev–Trinajstić information content (AvgIpc) is 3.22. The molecule has 28 heavy (non-hydrogen) atoms. The monoisotopic (exact) mass is 411 g/mol. The van der Waals surface area contributed by atoms with Crippen molar-refractivity contribution in [3.05, 3.63) is 28.3 Å². The second kappa shape index (κ2) is 8.44. The minimum absolute atomic E-state index is 0.108. The summed E-state index contributed by atoms with van der Waals surface area (Å²) in [5.41, 5.74) is -0.459. The van der Waals surface area contributed by atoms with Gasteiger partial charge in [0.25, 0.3) is 5.91 Å². The lowest BCUT2D eigenvalue weighted by Crippen LogP contribution is -2.44. The van der Waals surface area contributed by atoms with Crippen LogP contribution in [0.15, 0.2) is 23.1 Å². The molecule has 0 aliphatic carbocycles. The number of amides is 1. The highest BCUT2D eigenvalue weighted by molar-refractivity contribution is 7.89. The third-order valence-electron chi connectivity index (χ3n) is 5.30. The van der Waals surface area contributed by atoms with Crippen molar-refractivity contribution < 1.29 is 22.9 Å². The summed E-state index contributed by atoms with van der Waals surface area (Å²) in [6.07, 6.45) is 4.48. The first-order valence-corrected chi connectivity index (χ1v) is 11.0. The fourth-order valence-corrected chi connectivity index (χ4v) is 5.23. The van der Waals surface area contributed by atoms with Gasteiger partial charge in [0, 0.05) is 31.7 Å². The summed E-state index contributed by atoms with van der Waals surface area (Å²) in [6, 6.07) is 3.68. The SMILES string of the molecule is C[C@@H]1CCCCN1C(=O)COc1ccc(S(=O)(=O)N2CCCC2)cc1[N+](=O)[O-]. The van der Waals surface area contributed by atoms with Crippen LogP contribution in [0, 0.1) is 10.1 Å². The Morgan fingerprint density at radius 3 is 2.54 bits per heavy atom. The third kappa shape index (κ3) is 4.27. The highest BCUT2D eigenvalue weighted by Gasteiger charge is 2.30. The molecule has 0 unspecified atom stereocenters. The Labute approximate surface area is 164 Å². The van der Waals surface area contributed by atoms with Gasteiger partial charge in [0.2, 0.25) is 10.0 Å². The predicted octanol–water partition coefficient (Wildman–Crippen LogP) is 2.16. The number of nitrogens with zero attached hydrogens (tertiary/aromatic N) is 3. The molecule has 1 aromatic carbocycles. The van der Waals surface area contributed by atoms with Gasteiger partial charge in [-0.1, -0.05) is 0 Å². The zero-order valence-corrected chi connectivity index (χ0v) is 16.7. The zero-order valence-electron chi connectivity index (χ0n) is 15.9. The Kier molecular flexibility index (Phi) is 6.19. The van der Waals surface area contributed by atoms with Gasteiger partial charge in [0.05, 0.1) is 9.82 Å². The topological polar surface area (TPSA) is 110 Å². The highest BCUT2D eigenvalue weighted by atomic mass is 32.2. The summed E-state index contributed by atoms with van der Waals surface area (Å²) in [5.74, 6) is -0.335. The number of sulfonamides is 1. The first-order valence-electron chi connectivity index (χ1n) is 9.51. The number of nitro benzene ring substituents is 1. The van der Waals surface area contributed by atoms with Crippen LogP contribution in [0.5, 0.6) is 5.75 Å². The molecule has 0 aromatic heterocycles. The first kappa shape index (κ1) is 20.5. The minimum atomic E-state index is -3.77. The number of nitro groups is 1. The fourth-order valence-electron chi connectivity index (χ4n) is 3.69. The predicted molar refractivity (Wildman–Crippen MR) is 102 cm³/mol. The zero-order chi connectivity index (χ0) is 20.3. The van der Waals surface area contributed by atoms with E-state index in [0.29, 0.717) is 19.6 Å². The Morgan fingerprint density at radius 2 is 1.89 bits per heavy atom. The minimum Gasteiger partial charge on any atom is -0.477 e. The maximum Gasteiger partial charge on any atom is 0.312 e. The summed E-state index contributed by atoms with van der Waals surface area (Å²) in [4.78, 5) is 24.7. The van der Waals surface area contributed by atoms with Crippen molar-refractivity contribution in [1.82, 2.24) is 9.21 Å². The van der Waals surface area contributed by atoms with Gasteiger partial charge < -0.3 is 9.64 Å². The number of carbonyl (C=O) groups excluding carboxylic acids is 1. The molecule has 0 radical (unpaired) electrons. The van der Waals surface area contributed by atoms with Gasteiger partial charge in [-0.25, -0.2) is 8.42 Å². The molecule has 2 saturated heterocycles. The lowest BCUT2D eigenvalue weighted by atomic mass is 10.0. The smallest absolute Gasteiger partial charge is 0.312 e. The van der Waals surface area contributed by atoms with Crippen LogP contribution in [0.4, 0.5) is 5.69 Å². The normalized spacial score (nSPS) is 20.9. The van der Waals surface area contributed by atoms with Crippen LogP contribution in [0.25, 0.3) is 0 Å². The molecule has 0 bridgehead atoms. The molecule has 2 fully saturated rings. The molecule has 2 aliphatic rings. The maximum absolute atomic E-state index is 12.6. The Bertz CT molecular complexity index is 851. The molecular weight excluding hydrogens is 386 g/mol. The van der Waals surface area contributed by atoms with E-state index in [1.165, 1.54) is 16.4 Å². The molecular formula is C18H25N3O6S. The van der Waals surface area contributed by atoms with E-state index < -0.39 is 20.6 Å². The summed E-state index contributed by atoms with van der Waals surface area (Å²) >= 11 is 0. The molecule has 0 saturated carbocycles. The molecule has 10 heteroatoms. The summed E-state index contributed by atoms with van der Waals surface area (Å²) in [6.45, 7) is 3.13. The van der Waals surface area contributed by atoms with Crippen molar-refractivity contribution in [3.8, 4) is 5.75 Å². The van der Waals surface area contributed by atoms with E-state index >= 15 is 0 Å². The molecule has 2 heterocycles. The molecule has 154 valence electrons. The van der Waals surface area contributed by atoms with Gasteiger partial charge in [-0.2, -0.15) is 4.31 Å². The van der Waals surface area contributed by atoms with Crippen molar-refractivity contribution in [2.45, 2.75) is 50.0 Å². The van der Waals surface area contributed by atoms with Gasteiger partial charge in [0.15, 0.2) is 12.4 Å². The van der Waals surface area contributed by atoms with Gasteiger partial charge in [-0.3, -0.25) is 14.9 Å². The average molecular weight is 411 g/mol. The van der Waals surface area contributed by atoms with Gasteiger partial charge >= 0.3 is 5.69 Å². The lowest BCUT2D eigenvalue weighted by Gasteiger charge is -2.33. The van der Waals surface area contributed by atoms with E-state index in [-0.39, 0.29) is 29.2 Å². The molecule has 0 spiro atoms. The molecule has 1 aromatic rings. The van der Waals surface area contributed by atoms with E-state index in [1.807, 2.05) is 6.92 Å². The van der Waals surface area contributed by atoms with Crippen LogP contribution in [-0.2, 0) is 14.8 Å². The van der Waals surface area contributed by atoms with E-state index in [1.54, 1.807) is 4.90 Å². The number of hydrogen-bond donors (Lipinski definition) is 0. The molecule has 9 nitrogen and oxygen atoms in total. The number of benzene rings is 1. The summed E-state index contributed by atoms with van der Waals surface area (Å²) < 4.78 is 32.0. The van der Waals surface area contributed by atoms with E-state index in [9.17, 15) is 23.3 Å². The van der Waals surface area contributed by atoms with Crippen LogP contribution >= 0.6 is 0 Å². The highest BCUT2D eigenvalue weighted by Crippen LogP contribution is 2.32. The van der Waals surface area contributed by atoms with Gasteiger partial charge in [0.1, 0.15) is 0 Å². The quantitative estimate of drug-likeness (QED) is 0.524. The number of likely N-dealkylation sites (tertiary alicyclic amines) is 1.